The SMILES string of the molecule is CC(C)=CCC[C@@]1(C)C=Cc2c(O)c3c(c(CC(O)C4OC4(C)C)c2O1)O[C@]12C(=CC4CC1C(C)(C)O[C@]2(C/C=C(/C)OC=O)C4=O)C3=O. The van der Waals surface area contributed by atoms with Crippen molar-refractivity contribution in [2.75, 3.05) is 0 Å². The molecule has 4 bridgehead atoms. The van der Waals surface area contributed by atoms with Crippen molar-refractivity contribution in [3.05, 3.63) is 57.9 Å². The van der Waals surface area contributed by atoms with E-state index in [0.717, 1.165) is 6.42 Å². The van der Waals surface area contributed by atoms with Gasteiger partial charge in [0.05, 0.1) is 22.9 Å². The number of hydrogen-bond donors (Lipinski definition) is 2. The molecule has 0 radical (unpaired) electrons. The number of carbonyl (C=O) groups is 3. The van der Waals surface area contributed by atoms with Crippen LogP contribution in [0.4, 0.5) is 0 Å². The molecule has 0 amide bonds. The number of rotatable bonds is 10. The van der Waals surface area contributed by atoms with Gasteiger partial charge in [-0.15, -0.1) is 0 Å². The molecule has 4 aliphatic heterocycles. The van der Waals surface area contributed by atoms with Gasteiger partial charge in [-0.2, -0.15) is 0 Å². The summed E-state index contributed by atoms with van der Waals surface area (Å²) in [5.41, 5.74) is -3.19. The highest BCUT2D eigenvalue weighted by molar-refractivity contribution is 6.19. The quantitative estimate of drug-likeness (QED) is 0.134. The molecule has 1 saturated carbocycles. The topological polar surface area (TPSA) is 141 Å². The van der Waals surface area contributed by atoms with E-state index in [1.165, 1.54) is 5.57 Å². The van der Waals surface area contributed by atoms with Crippen LogP contribution in [0.2, 0.25) is 0 Å². The summed E-state index contributed by atoms with van der Waals surface area (Å²) in [6, 6.07) is 0. The second kappa shape index (κ2) is 10.9. The van der Waals surface area contributed by atoms with Crippen molar-refractivity contribution in [1.82, 2.24) is 0 Å². The number of epoxide rings is 1. The van der Waals surface area contributed by atoms with Crippen LogP contribution in [0, 0.1) is 11.8 Å². The summed E-state index contributed by atoms with van der Waals surface area (Å²) in [6.45, 7) is 15.6. The van der Waals surface area contributed by atoms with Gasteiger partial charge in [-0.3, -0.25) is 14.4 Å². The van der Waals surface area contributed by atoms with E-state index < -0.39 is 57.8 Å². The van der Waals surface area contributed by atoms with Crippen LogP contribution >= 0.6 is 0 Å². The van der Waals surface area contributed by atoms with Crippen molar-refractivity contribution >= 4 is 24.1 Å². The predicted molar refractivity (Wildman–Crippen MR) is 179 cm³/mol. The lowest BCUT2D eigenvalue weighted by molar-refractivity contribution is -0.171. The highest BCUT2D eigenvalue weighted by Gasteiger charge is 2.81. The minimum atomic E-state index is -1.63. The lowest BCUT2D eigenvalue weighted by atomic mass is 9.51. The second-order valence-corrected chi connectivity index (χ2v) is 16.0. The molecule has 7 atom stereocenters. The van der Waals surface area contributed by atoms with E-state index in [1.807, 2.05) is 54.5 Å². The summed E-state index contributed by atoms with van der Waals surface area (Å²) >= 11 is 0. The van der Waals surface area contributed by atoms with Gasteiger partial charge in [-0.1, -0.05) is 17.7 Å². The van der Waals surface area contributed by atoms with Gasteiger partial charge in [0.25, 0.3) is 6.47 Å². The molecule has 4 heterocycles. The Kier molecular flexibility index (Phi) is 7.50. The molecule has 7 aliphatic rings. The number of aliphatic hydroxyl groups is 1. The Morgan fingerprint density at radius 2 is 1.78 bits per heavy atom. The van der Waals surface area contributed by atoms with E-state index in [0.29, 0.717) is 36.2 Å². The van der Waals surface area contributed by atoms with E-state index in [1.54, 1.807) is 25.2 Å². The average molecular weight is 675 g/mol. The highest BCUT2D eigenvalue weighted by atomic mass is 16.6. The maximum Gasteiger partial charge on any atom is 0.298 e. The summed E-state index contributed by atoms with van der Waals surface area (Å²) in [7, 11) is 0. The Balaban J connectivity index is 1.43. The zero-order valence-corrected chi connectivity index (χ0v) is 29.5. The lowest BCUT2D eigenvalue weighted by Crippen LogP contribution is -2.72. The lowest BCUT2D eigenvalue weighted by Gasteiger charge is -2.56. The van der Waals surface area contributed by atoms with Crippen LogP contribution in [0.15, 0.2) is 41.2 Å². The first-order chi connectivity index (χ1) is 22.9. The first-order valence-corrected chi connectivity index (χ1v) is 17.2. The van der Waals surface area contributed by atoms with Crippen molar-refractivity contribution in [2.45, 2.75) is 128 Å². The fourth-order valence-corrected chi connectivity index (χ4v) is 9.04. The van der Waals surface area contributed by atoms with Crippen LogP contribution in [0.1, 0.15) is 103 Å². The van der Waals surface area contributed by atoms with Crippen LogP contribution in [-0.2, 0) is 30.2 Å². The van der Waals surface area contributed by atoms with Gasteiger partial charge in [0.2, 0.25) is 0 Å². The van der Waals surface area contributed by atoms with Gasteiger partial charge in [0, 0.05) is 35.8 Å². The van der Waals surface area contributed by atoms with Crippen LogP contribution in [0.25, 0.3) is 6.08 Å². The van der Waals surface area contributed by atoms with Gasteiger partial charge in [0.1, 0.15) is 40.3 Å². The molecular weight excluding hydrogens is 628 g/mol. The van der Waals surface area contributed by atoms with Crippen LogP contribution in [0.5, 0.6) is 17.2 Å². The minimum absolute atomic E-state index is 0.00398. The zero-order valence-electron chi connectivity index (χ0n) is 29.5. The molecule has 1 aromatic carbocycles. The fourth-order valence-electron chi connectivity index (χ4n) is 9.04. The van der Waals surface area contributed by atoms with Gasteiger partial charge in [-0.05, 0) is 92.9 Å². The molecule has 10 heteroatoms. The predicted octanol–water partition coefficient (Wildman–Crippen LogP) is 5.86. The minimum Gasteiger partial charge on any atom is -0.506 e. The normalized spacial score (nSPS) is 34.5. The third kappa shape index (κ3) is 4.81. The number of ketones is 2. The van der Waals surface area contributed by atoms with Crippen molar-refractivity contribution in [2.24, 2.45) is 11.8 Å². The number of carbonyl (C=O) groups excluding carboxylic acids is 3. The number of fused-ring (bicyclic) bond motifs is 2. The summed E-state index contributed by atoms with van der Waals surface area (Å²) in [4.78, 5) is 40.4. The molecule has 49 heavy (non-hydrogen) atoms. The number of aromatic hydroxyl groups is 1. The van der Waals surface area contributed by atoms with Gasteiger partial charge in [0.15, 0.2) is 22.8 Å². The summed E-state index contributed by atoms with van der Waals surface area (Å²) in [6.07, 6.45) is 9.47. The number of phenolic OH excluding ortho intramolecular Hbond substituents is 1. The number of hydrogen-bond acceptors (Lipinski definition) is 10. The molecule has 8 rings (SSSR count). The number of phenols is 1. The molecule has 3 fully saturated rings. The Morgan fingerprint density at radius 3 is 2.43 bits per heavy atom. The van der Waals surface area contributed by atoms with E-state index in [-0.39, 0.29) is 47.0 Å². The van der Waals surface area contributed by atoms with Crippen molar-refractivity contribution in [3.63, 3.8) is 0 Å². The summed E-state index contributed by atoms with van der Waals surface area (Å²) < 4.78 is 31.6. The van der Waals surface area contributed by atoms with E-state index >= 15 is 0 Å². The smallest absolute Gasteiger partial charge is 0.298 e. The Morgan fingerprint density at radius 1 is 1.06 bits per heavy atom. The first-order valence-electron chi connectivity index (χ1n) is 17.2. The Hall–Kier alpha value is -3.73. The Bertz CT molecular complexity index is 1790. The number of aliphatic hydroxyl groups excluding tert-OH is 1. The third-order valence-corrected chi connectivity index (χ3v) is 11.5. The molecule has 2 N–H and O–H groups in total. The molecule has 0 aromatic heterocycles. The summed E-state index contributed by atoms with van der Waals surface area (Å²) in [5, 5.41) is 23.4. The first kappa shape index (κ1) is 33.8. The molecule has 3 aliphatic carbocycles. The fraction of sp³-hybridized carbons (Fsp3) is 0.564. The molecule has 1 aromatic rings. The molecular formula is C39H46O10. The van der Waals surface area contributed by atoms with Crippen molar-refractivity contribution in [3.8, 4) is 17.2 Å². The second-order valence-electron chi connectivity index (χ2n) is 16.0. The largest absolute Gasteiger partial charge is 0.506 e. The Labute approximate surface area is 286 Å². The number of Topliss-reactive ketones (excluding diaryl/α,β-unsaturated/α-hetero) is 2. The molecule has 10 nitrogen and oxygen atoms in total. The number of ether oxygens (including phenoxy) is 5. The molecule has 2 saturated heterocycles. The van der Waals surface area contributed by atoms with Crippen molar-refractivity contribution in [1.29, 1.82) is 0 Å². The monoisotopic (exact) mass is 674 g/mol. The van der Waals surface area contributed by atoms with Gasteiger partial charge in [-0.25, -0.2) is 0 Å². The highest BCUT2D eigenvalue weighted by Crippen LogP contribution is 2.68. The van der Waals surface area contributed by atoms with Gasteiger partial charge < -0.3 is 33.9 Å². The van der Waals surface area contributed by atoms with Crippen molar-refractivity contribution < 1.29 is 48.3 Å². The van der Waals surface area contributed by atoms with E-state index in [4.69, 9.17) is 23.7 Å². The van der Waals surface area contributed by atoms with Crippen LogP contribution < -0.4 is 9.47 Å². The number of benzene rings is 1. The van der Waals surface area contributed by atoms with Gasteiger partial charge >= 0.3 is 0 Å². The standard InChI is InChI=1S/C39H46O10/c1-20(2)10-9-13-37(8)14-12-23-29(42)28-30(43)25-16-22-17-27-35(4,5)49-38(33(22)44,15-11-21(3)45-19-40)39(25,27)47-32(28)24(31(23)46-37)18-26(41)34-36(6,7)48-34/h10-12,14,16,19,22,26-27,34,41-42H,9,13,15,17-18H2,1-8H3/b21-11-/t22?,26?,27?,34?,37-,38+,39+/m0/s1. The molecule has 1 spiro atoms. The maximum atomic E-state index is 14.9. The van der Waals surface area contributed by atoms with E-state index in [9.17, 15) is 24.6 Å². The average Bonchev–Trinajstić information content (AvgIpc) is 3.63. The molecule has 4 unspecified atom stereocenters. The number of allylic oxidation sites excluding steroid dienone is 4. The van der Waals surface area contributed by atoms with Crippen LogP contribution in [-0.4, -0.2) is 68.5 Å². The summed E-state index contributed by atoms with van der Waals surface area (Å²) in [5.74, 6) is -1.29. The zero-order chi connectivity index (χ0) is 35.5. The third-order valence-electron chi connectivity index (χ3n) is 11.5. The van der Waals surface area contributed by atoms with Crippen LogP contribution in [0.3, 0.4) is 0 Å². The van der Waals surface area contributed by atoms with E-state index in [2.05, 4.69) is 6.08 Å². The maximum absolute atomic E-state index is 14.9. The molecule has 262 valence electrons.